The van der Waals surface area contributed by atoms with Gasteiger partial charge in [-0.25, -0.2) is 0 Å². The SMILES string of the molecule is CCCCCCCCCCCCC(CCC)OC(O)C(=O)c1ccccc1. The molecule has 3 nitrogen and oxygen atoms in total. The Balaban J connectivity index is 2.19. The number of aliphatic hydroxyl groups excluding tert-OH is 1. The number of carbonyl (C=O) groups is 1. The van der Waals surface area contributed by atoms with Gasteiger partial charge in [0.1, 0.15) is 0 Å². The second kappa shape index (κ2) is 15.8. The Morgan fingerprint density at radius 2 is 1.37 bits per heavy atom. The summed E-state index contributed by atoms with van der Waals surface area (Å²) < 4.78 is 5.70. The lowest BCUT2D eigenvalue weighted by Gasteiger charge is -2.20. The van der Waals surface area contributed by atoms with Crippen molar-refractivity contribution in [3.63, 3.8) is 0 Å². The van der Waals surface area contributed by atoms with Gasteiger partial charge in [0.05, 0.1) is 6.10 Å². The number of Topliss-reactive ketones (excluding diaryl/α,β-unsaturated/α-hetero) is 1. The number of hydrogen-bond acceptors (Lipinski definition) is 3. The largest absolute Gasteiger partial charge is 0.362 e. The van der Waals surface area contributed by atoms with Gasteiger partial charge in [0.25, 0.3) is 0 Å². The van der Waals surface area contributed by atoms with Crippen LogP contribution in [-0.4, -0.2) is 23.3 Å². The third-order valence-corrected chi connectivity index (χ3v) is 5.09. The number of benzene rings is 1. The highest BCUT2D eigenvalue weighted by Gasteiger charge is 2.21. The molecule has 0 bridgehead atoms. The summed E-state index contributed by atoms with van der Waals surface area (Å²) in [5.41, 5.74) is 0.499. The summed E-state index contributed by atoms with van der Waals surface area (Å²) in [4.78, 5) is 12.3. The first-order chi connectivity index (χ1) is 13.2. The van der Waals surface area contributed by atoms with Gasteiger partial charge in [-0.1, -0.05) is 115 Å². The van der Waals surface area contributed by atoms with Crippen molar-refractivity contribution in [2.24, 2.45) is 0 Å². The van der Waals surface area contributed by atoms with Crippen LogP contribution in [0.5, 0.6) is 0 Å². The van der Waals surface area contributed by atoms with E-state index < -0.39 is 6.29 Å². The van der Waals surface area contributed by atoms with E-state index in [1.54, 1.807) is 24.3 Å². The van der Waals surface area contributed by atoms with Crippen LogP contribution in [0.3, 0.4) is 0 Å². The molecule has 0 aromatic heterocycles. The van der Waals surface area contributed by atoms with E-state index in [1.807, 2.05) is 6.07 Å². The molecule has 1 aromatic carbocycles. The lowest BCUT2D eigenvalue weighted by molar-refractivity contribution is -0.113. The van der Waals surface area contributed by atoms with Crippen LogP contribution in [-0.2, 0) is 4.74 Å². The van der Waals surface area contributed by atoms with Crippen molar-refractivity contribution in [2.75, 3.05) is 0 Å². The first-order valence-electron chi connectivity index (χ1n) is 11.1. The van der Waals surface area contributed by atoms with Crippen molar-refractivity contribution in [1.82, 2.24) is 0 Å². The summed E-state index contributed by atoms with van der Waals surface area (Å²) in [5, 5.41) is 10.2. The standard InChI is InChI=1S/C24H40O3/c1-3-5-6-7-8-9-10-11-12-16-20-22(17-4-2)27-24(26)23(25)21-18-14-13-15-19-21/h13-15,18-19,22,24,26H,3-12,16-17,20H2,1-2H3. The average Bonchev–Trinajstić information content (AvgIpc) is 2.69. The normalized spacial score (nSPS) is 13.4. The van der Waals surface area contributed by atoms with Crippen molar-refractivity contribution in [3.05, 3.63) is 35.9 Å². The van der Waals surface area contributed by atoms with E-state index in [1.165, 1.54) is 57.8 Å². The third-order valence-electron chi connectivity index (χ3n) is 5.09. The molecule has 1 aromatic rings. The molecule has 0 radical (unpaired) electrons. The molecule has 2 atom stereocenters. The smallest absolute Gasteiger partial charge is 0.220 e. The van der Waals surface area contributed by atoms with E-state index in [-0.39, 0.29) is 11.9 Å². The van der Waals surface area contributed by atoms with Gasteiger partial charge in [0.2, 0.25) is 12.1 Å². The zero-order chi connectivity index (χ0) is 19.7. The maximum Gasteiger partial charge on any atom is 0.220 e. The van der Waals surface area contributed by atoms with Crippen molar-refractivity contribution in [3.8, 4) is 0 Å². The Labute approximate surface area is 166 Å². The predicted molar refractivity (Wildman–Crippen MR) is 113 cm³/mol. The second-order valence-electron chi connectivity index (χ2n) is 7.60. The molecule has 0 heterocycles. The van der Waals surface area contributed by atoms with Crippen LogP contribution in [0.25, 0.3) is 0 Å². The lowest BCUT2D eigenvalue weighted by atomic mass is 10.0. The highest BCUT2D eigenvalue weighted by atomic mass is 16.6. The molecule has 0 fully saturated rings. The molecule has 0 saturated heterocycles. The van der Waals surface area contributed by atoms with Crippen LogP contribution in [0.2, 0.25) is 0 Å². The minimum absolute atomic E-state index is 0.0355. The summed E-state index contributed by atoms with van der Waals surface area (Å²) in [5.74, 6) is -0.347. The molecule has 1 rings (SSSR count). The monoisotopic (exact) mass is 376 g/mol. The van der Waals surface area contributed by atoms with Gasteiger partial charge in [0, 0.05) is 5.56 Å². The van der Waals surface area contributed by atoms with Gasteiger partial charge < -0.3 is 9.84 Å². The topological polar surface area (TPSA) is 46.5 Å². The van der Waals surface area contributed by atoms with Crippen LogP contribution in [0.1, 0.15) is 108 Å². The molecule has 0 aliphatic heterocycles. The number of aliphatic hydroxyl groups is 1. The molecule has 0 aliphatic carbocycles. The number of rotatable bonds is 17. The average molecular weight is 377 g/mol. The minimum atomic E-state index is -1.35. The molecule has 2 unspecified atom stereocenters. The summed E-state index contributed by atoms with van der Waals surface area (Å²) in [6.45, 7) is 4.37. The first kappa shape index (κ1) is 23.8. The van der Waals surface area contributed by atoms with Crippen molar-refractivity contribution < 1.29 is 14.6 Å². The van der Waals surface area contributed by atoms with Gasteiger partial charge in [-0.15, -0.1) is 0 Å². The molecule has 0 saturated carbocycles. The fraction of sp³-hybridized carbons (Fsp3) is 0.708. The van der Waals surface area contributed by atoms with Gasteiger partial charge in [-0.2, -0.15) is 0 Å². The summed E-state index contributed by atoms with van der Waals surface area (Å²) >= 11 is 0. The molecular weight excluding hydrogens is 336 g/mol. The Morgan fingerprint density at radius 3 is 1.93 bits per heavy atom. The summed E-state index contributed by atoms with van der Waals surface area (Å²) in [6.07, 6.45) is 14.5. The number of ether oxygens (including phenoxy) is 1. The van der Waals surface area contributed by atoms with Crippen molar-refractivity contribution in [1.29, 1.82) is 0 Å². The molecule has 3 heteroatoms. The second-order valence-corrected chi connectivity index (χ2v) is 7.60. The van der Waals surface area contributed by atoms with Crippen LogP contribution in [0, 0.1) is 0 Å². The first-order valence-corrected chi connectivity index (χ1v) is 11.1. The maximum atomic E-state index is 12.3. The highest BCUT2D eigenvalue weighted by molar-refractivity contribution is 5.98. The zero-order valence-corrected chi connectivity index (χ0v) is 17.5. The van der Waals surface area contributed by atoms with Crippen LogP contribution >= 0.6 is 0 Å². The minimum Gasteiger partial charge on any atom is -0.362 e. The zero-order valence-electron chi connectivity index (χ0n) is 17.5. The third kappa shape index (κ3) is 11.3. The Hall–Kier alpha value is -1.19. The van der Waals surface area contributed by atoms with Gasteiger partial charge in [-0.05, 0) is 12.8 Å². The number of hydrogen-bond donors (Lipinski definition) is 1. The van der Waals surface area contributed by atoms with E-state index >= 15 is 0 Å². The molecule has 154 valence electrons. The van der Waals surface area contributed by atoms with Crippen molar-refractivity contribution >= 4 is 5.78 Å². The fourth-order valence-electron chi connectivity index (χ4n) is 3.45. The molecule has 0 aliphatic rings. The van der Waals surface area contributed by atoms with Crippen molar-refractivity contribution in [2.45, 2.75) is 110 Å². The van der Waals surface area contributed by atoms with E-state index in [0.717, 1.165) is 25.7 Å². The fourth-order valence-corrected chi connectivity index (χ4v) is 3.45. The summed E-state index contributed by atoms with van der Waals surface area (Å²) in [6, 6.07) is 8.88. The number of unbranched alkanes of at least 4 members (excludes halogenated alkanes) is 9. The van der Waals surface area contributed by atoms with E-state index in [9.17, 15) is 9.90 Å². The molecule has 0 amide bonds. The Bertz CT molecular complexity index is 472. The molecule has 1 N–H and O–H groups in total. The molecular formula is C24H40O3. The van der Waals surface area contributed by atoms with E-state index in [2.05, 4.69) is 13.8 Å². The number of carbonyl (C=O) groups excluding carboxylic acids is 1. The maximum absolute atomic E-state index is 12.3. The van der Waals surface area contributed by atoms with Gasteiger partial charge in [0.15, 0.2) is 0 Å². The lowest BCUT2D eigenvalue weighted by Crippen LogP contribution is -2.29. The van der Waals surface area contributed by atoms with Crippen LogP contribution in [0.15, 0.2) is 30.3 Å². The van der Waals surface area contributed by atoms with E-state index in [0.29, 0.717) is 5.56 Å². The molecule has 27 heavy (non-hydrogen) atoms. The summed E-state index contributed by atoms with van der Waals surface area (Å²) in [7, 11) is 0. The van der Waals surface area contributed by atoms with E-state index in [4.69, 9.17) is 4.74 Å². The molecule has 0 spiro atoms. The number of ketones is 1. The quantitative estimate of drug-likeness (QED) is 0.187. The van der Waals surface area contributed by atoms with Gasteiger partial charge in [-0.3, -0.25) is 4.79 Å². The highest BCUT2D eigenvalue weighted by Crippen LogP contribution is 2.17. The van der Waals surface area contributed by atoms with Gasteiger partial charge >= 0.3 is 0 Å². The Morgan fingerprint density at radius 1 is 0.815 bits per heavy atom. The van der Waals surface area contributed by atoms with Crippen LogP contribution in [0.4, 0.5) is 0 Å². The Kier molecular flexibility index (Phi) is 14.0. The predicted octanol–water partition coefficient (Wildman–Crippen LogP) is 6.68. The van der Waals surface area contributed by atoms with Crippen LogP contribution < -0.4 is 0 Å².